The highest BCUT2D eigenvalue weighted by Gasteiger charge is 2.27. The van der Waals surface area contributed by atoms with Crippen LogP contribution in [0.25, 0.3) is 0 Å². The standard InChI is InChI=1S/C17H22N2O5S/c20-15(18-5-3-14-12(10-18)4-8-25-14)1-2-16(21)19-6-7-24-13(11-19)9-17(22)23/h4,8,13H,1-3,5-7,9-11H2,(H,22,23). The van der Waals surface area contributed by atoms with Gasteiger partial charge in [0.05, 0.1) is 19.1 Å². The summed E-state index contributed by atoms with van der Waals surface area (Å²) in [5.74, 6) is -1.05. The number of carboxylic acids is 1. The Labute approximate surface area is 150 Å². The number of rotatable bonds is 5. The maximum atomic E-state index is 12.4. The molecule has 0 radical (unpaired) electrons. The fourth-order valence-electron chi connectivity index (χ4n) is 3.26. The first-order chi connectivity index (χ1) is 12.0. The van der Waals surface area contributed by atoms with Crippen molar-refractivity contribution < 1.29 is 24.2 Å². The summed E-state index contributed by atoms with van der Waals surface area (Å²) in [6.45, 7) is 2.40. The quantitative estimate of drug-likeness (QED) is 0.844. The molecule has 2 amide bonds. The number of aliphatic carboxylic acids is 1. The minimum absolute atomic E-state index is 0.000505. The largest absolute Gasteiger partial charge is 0.481 e. The van der Waals surface area contributed by atoms with Crippen molar-refractivity contribution in [2.75, 3.05) is 26.2 Å². The predicted octanol–water partition coefficient (Wildman–Crippen LogP) is 1.12. The van der Waals surface area contributed by atoms with E-state index in [4.69, 9.17) is 9.84 Å². The lowest BCUT2D eigenvalue weighted by Gasteiger charge is -2.32. The molecule has 1 atom stereocenters. The Morgan fingerprint density at radius 3 is 2.72 bits per heavy atom. The van der Waals surface area contributed by atoms with E-state index in [1.807, 2.05) is 10.3 Å². The van der Waals surface area contributed by atoms with Gasteiger partial charge < -0.3 is 19.6 Å². The van der Waals surface area contributed by atoms with Crippen molar-refractivity contribution in [3.63, 3.8) is 0 Å². The molecule has 0 spiro atoms. The zero-order chi connectivity index (χ0) is 17.8. The Morgan fingerprint density at radius 1 is 1.20 bits per heavy atom. The van der Waals surface area contributed by atoms with Crippen LogP contribution in [-0.4, -0.2) is 65.0 Å². The zero-order valence-electron chi connectivity index (χ0n) is 14.0. The van der Waals surface area contributed by atoms with Gasteiger partial charge in [-0.1, -0.05) is 0 Å². The smallest absolute Gasteiger partial charge is 0.306 e. The van der Waals surface area contributed by atoms with E-state index >= 15 is 0 Å². The van der Waals surface area contributed by atoms with E-state index in [0.717, 1.165) is 6.42 Å². The number of ether oxygens (including phenoxy) is 1. The van der Waals surface area contributed by atoms with Crippen LogP contribution in [0.3, 0.4) is 0 Å². The van der Waals surface area contributed by atoms with Crippen LogP contribution in [0.2, 0.25) is 0 Å². The summed E-state index contributed by atoms with van der Waals surface area (Å²) in [5, 5.41) is 10.9. The Kier molecular flexibility index (Phi) is 5.70. The molecule has 1 aromatic heterocycles. The van der Waals surface area contributed by atoms with E-state index in [9.17, 15) is 14.4 Å². The highest BCUT2D eigenvalue weighted by atomic mass is 32.1. The van der Waals surface area contributed by atoms with Crippen molar-refractivity contribution in [3.8, 4) is 0 Å². The summed E-state index contributed by atoms with van der Waals surface area (Å²) in [7, 11) is 0. The van der Waals surface area contributed by atoms with Crippen molar-refractivity contribution in [1.29, 1.82) is 0 Å². The summed E-state index contributed by atoms with van der Waals surface area (Å²) in [5.41, 5.74) is 1.21. The number of hydrogen-bond acceptors (Lipinski definition) is 5. The predicted molar refractivity (Wildman–Crippen MR) is 91.2 cm³/mol. The Bertz CT molecular complexity index is 659. The second-order valence-corrected chi connectivity index (χ2v) is 7.37. The average Bonchev–Trinajstić information content (AvgIpc) is 3.06. The molecule has 0 aliphatic carbocycles. The van der Waals surface area contributed by atoms with Crippen molar-refractivity contribution in [3.05, 3.63) is 21.9 Å². The zero-order valence-corrected chi connectivity index (χ0v) is 14.8. The third kappa shape index (κ3) is 4.58. The van der Waals surface area contributed by atoms with Crippen molar-refractivity contribution in [1.82, 2.24) is 9.80 Å². The topological polar surface area (TPSA) is 87.2 Å². The van der Waals surface area contributed by atoms with Gasteiger partial charge in [-0.15, -0.1) is 11.3 Å². The lowest BCUT2D eigenvalue weighted by atomic mass is 10.1. The van der Waals surface area contributed by atoms with E-state index < -0.39 is 12.1 Å². The fraction of sp³-hybridized carbons (Fsp3) is 0.588. The minimum Gasteiger partial charge on any atom is -0.481 e. The number of carboxylic acid groups (broad SMARTS) is 1. The Morgan fingerprint density at radius 2 is 1.96 bits per heavy atom. The van der Waals surface area contributed by atoms with Crippen molar-refractivity contribution in [2.45, 2.75) is 38.3 Å². The van der Waals surface area contributed by atoms with Crippen molar-refractivity contribution in [2.24, 2.45) is 0 Å². The fourth-order valence-corrected chi connectivity index (χ4v) is 4.15. The molecule has 7 nitrogen and oxygen atoms in total. The van der Waals surface area contributed by atoms with Gasteiger partial charge in [0.15, 0.2) is 0 Å². The summed E-state index contributed by atoms with van der Waals surface area (Å²) >= 11 is 1.73. The molecule has 0 saturated carbocycles. The van der Waals surface area contributed by atoms with Crippen LogP contribution in [0.4, 0.5) is 0 Å². The molecule has 8 heteroatoms. The molecular formula is C17H22N2O5S. The van der Waals surface area contributed by atoms with Gasteiger partial charge in [-0.2, -0.15) is 0 Å². The highest BCUT2D eigenvalue weighted by Crippen LogP contribution is 2.24. The van der Waals surface area contributed by atoms with Crippen LogP contribution >= 0.6 is 11.3 Å². The first-order valence-corrected chi connectivity index (χ1v) is 9.35. The lowest BCUT2D eigenvalue weighted by Crippen LogP contribution is -2.46. The lowest BCUT2D eigenvalue weighted by molar-refractivity contribution is -0.148. The molecule has 1 unspecified atom stereocenters. The second kappa shape index (κ2) is 7.97. The first-order valence-electron chi connectivity index (χ1n) is 8.47. The van der Waals surface area contributed by atoms with Gasteiger partial charge >= 0.3 is 5.97 Å². The molecule has 3 heterocycles. The summed E-state index contributed by atoms with van der Waals surface area (Å²) in [4.78, 5) is 40.2. The molecule has 1 fully saturated rings. The number of nitrogens with zero attached hydrogens (tertiary/aromatic N) is 2. The third-order valence-corrected chi connectivity index (χ3v) is 5.63. The molecule has 2 aliphatic rings. The monoisotopic (exact) mass is 366 g/mol. The highest BCUT2D eigenvalue weighted by molar-refractivity contribution is 7.10. The van der Waals surface area contributed by atoms with Crippen LogP contribution in [0.1, 0.15) is 29.7 Å². The van der Waals surface area contributed by atoms with Gasteiger partial charge in [-0.3, -0.25) is 14.4 Å². The molecule has 3 rings (SSSR count). The number of carbonyl (C=O) groups excluding carboxylic acids is 2. The number of hydrogen-bond donors (Lipinski definition) is 1. The Balaban J connectivity index is 1.45. The van der Waals surface area contributed by atoms with Crippen LogP contribution in [0, 0.1) is 0 Å². The molecular weight excluding hydrogens is 344 g/mol. The molecule has 1 saturated heterocycles. The van der Waals surface area contributed by atoms with Crippen LogP contribution in [-0.2, 0) is 32.1 Å². The minimum atomic E-state index is -0.938. The number of fused-ring (bicyclic) bond motifs is 1. The van der Waals surface area contributed by atoms with E-state index in [0.29, 0.717) is 26.2 Å². The number of amides is 2. The van der Waals surface area contributed by atoms with E-state index in [-0.39, 0.29) is 37.6 Å². The second-order valence-electron chi connectivity index (χ2n) is 6.36. The van der Waals surface area contributed by atoms with E-state index in [1.165, 1.54) is 10.4 Å². The van der Waals surface area contributed by atoms with Crippen molar-refractivity contribution >= 4 is 29.1 Å². The summed E-state index contributed by atoms with van der Waals surface area (Å²) in [6, 6.07) is 2.06. The molecule has 0 aromatic carbocycles. The van der Waals surface area contributed by atoms with Gasteiger partial charge in [-0.25, -0.2) is 0 Å². The van der Waals surface area contributed by atoms with E-state index in [1.54, 1.807) is 16.2 Å². The normalized spacial score (nSPS) is 20.2. The average molecular weight is 366 g/mol. The Hall–Kier alpha value is -1.93. The van der Waals surface area contributed by atoms with Crippen LogP contribution in [0.5, 0.6) is 0 Å². The van der Waals surface area contributed by atoms with Crippen LogP contribution < -0.4 is 0 Å². The molecule has 25 heavy (non-hydrogen) atoms. The maximum Gasteiger partial charge on any atom is 0.306 e. The van der Waals surface area contributed by atoms with Gasteiger partial charge in [-0.05, 0) is 23.4 Å². The number of thiophene rings is 1. The van der Waals surface area contributed by atoms with Gasteiger partial charge in [0, 0.05) is 43.9 Å². The maximum absolute atomic E-state index is 12.4. The first kappa shape index (κ1) is 17.9. The molecule has 1 N–H and O–H groups in total. The third-order valence-electron chi connectivity index (χ3n) is 4.61. The van der Waals surface area contributed by atoms with Gasteiger partial charge in [0.2, 0.25) is 11.8 Å². The molecule has 136 valence electrons. The number of morpholine rings is 1. The number of carbonyl (C=O) groups is 3. The SMILES string of the molecule is O=C(O)CC1CN(C(=O)CCC(=O)N2CCc3sccc3C2)CCO1. The molecule has 2 aliphatic heterocycles. The van der Waals surface area contributed by atoms with Gasteiger partial charge in [0.25, 0.3) is 0 Å². The molecule has 0 bridgehead atoms. The molecule has 1 aromatic rings. The van der Waals surface area contributed by atoms with E-state index in [2.05, 4.69) is 6.07 Å². The summed E-state index contributed by atoms with van der Waals surface area (Å²) < 4.78 is 5.37. The van der Waals surface area contributed by atoms with Gasteiger partial charge in [0.1, 0.15) is 0 Å². The summed E-state index contributed by atoms with van der Waals surface area (Å²) in [6.07, 6.45) is 0.655. The van der Waals surface area contributed by atoms with Crippen LogP contribution in [0.15, 0.2) is 11.4 Å².